The number of carbonyl (C=O) groups is 2. The third-order valence-electron chi connectivity index (χ3n) is 3.97. The quantitative estimate of drug-likeness (QED) is 0.763. The van der Waals surface area contributed by atoms with Gasteiger partial charge in [0.05, 0.1) is 0 Å². The second-order valence-electron chi connectivity index (χ2n) is 5.69. The number of hydrogen-bond acceptors (Lipinski definition) is 4. The van der Waals surface area contributed by atoms with Crippen molar-refractivity contribution in [1.82, 2.24) is 4.90 Å². The minimum atomic E-state index is -0.453. The number of hydrogen-bond donors (Lipinski definition) is 0. The van der Waals surface area contributed by atoms with Gasteiger partial charge in [-0.25, -0.2) is 4.79 Å². The number of esters is 1. The molecule has 0 saturated carbocycles. The van der Waals surface area contributed by atoms with E-state index in [0.717, 1.165) is 42.8 Å². The number of carbonyl (C=O) groups excluding carboxylic acids is 2. The van der Waals surface area contributed by atoms with Gasteiger partial charge in [-0.1, -0.05) is 23.7 Å². The summed E-state index contributed by atoms with van der Waals surface area (Å²) >= 11 is 7.23. The van der Waals surface area contributed by atoms with Crippen LogP contribution >= 0.6 is 22.9 Å². The molecule has 1 fully saturated rings. The van der Waals surface area contributed by atoms with E-state index < -0.39 is 5.97 Å². The first kappa shape index (κ1) is 17.0. The first-order valence-electron chi connectivity index (χ1n) is 7.94. The molecular formula is C18H18ClNO3S. The number of nitrogens with zero attached hydrogens (tertiary/aromatic N) is 1. The summed E-state index contributed by atoms with van der Waals surface area (Å²) in [5.74, 6) is -0.567. The van der Waals surface area contributed by atoms with Gasteiger partial charge in [0, 0.05) is 23.0 Å². The molecule has 1 aliphatic heterocycles. The highest BCUT2D eigenvalue weighted by atomic mass is 35.5. The summed E-state index contributed by atoms with van der Waals surface area (Å²) in [6.07, 6.45) is 3.20. The van der Waals surface area contributed by atoms with Crippen LogP contribution in [0.3, 0.4) is 0 Å². The predicted molar refractivity (Wildman–Crippen MR) is 95.5 cm³/mol. The molecule has 1 aliphatic rings. The van der Waals surface area contributed by atoms with Crippen LogP contribution in [-0.4, -0.2) is 36.5 Å². The zero-order valence-electron chi connectivity index (χ0n) is 13.2. The zero-order valence-corrected chi connectivity index (χ0v) is 14.7. The summed E-state index contributed by atoms with van der Waals surface area (Å²) in [6.45, 7) is 1.33. The minimum Gasteiger partial charge on any atom is -0.451 e. The van der Waals surface area contributed by atoms with Crippen molar-refractivity contribution < 1.29 is 14.3 Å². The molecule has 0 radical (unpaired) electrons. The van der Waals surface area contributed by atoms with Crippen LogP contribution in [0.25, 0.3) is 10.4 Å². The maximum Gasteiger partial charge on any atom is 0.348 e. The molecule has 6 heteroatoms. The number of amides is 1. The molecule has 4 nitrogen and oxygen atoms in total. The SMILES string of the molecule is O=C(OCC(=O)N1CCCCC1)c1ccc(-c2ccc(Cl)cc2)s1. The van der Waals surface area contributed by atoms with E-state index in [-0.39, 0.29) is 12.5 Å². The Morgan fingerprint density at radius 1 is 1.04 bits per heavy atom. The van der Waals surface area contributed by atoms with E-state index >= 15 is 0 Å². The third kappa shape index (κ3) is 4.16. The normalized spacial score (nSPS) is 14.5. The minimum absolute atomic E-state index is 0.113. The number of benzene rings is 1. The van der Waals surface area contributed by atoms with Crippen LogP contribution in [0.4, 0.5) is 0 Å². The van der Waals surface area contributed by atoms with E-state index in [2.05, 4.69) is 0 Å². The number of likely N-dealkylation sites (tertiary alicyclic amines) is 1. The zero-order chi connectivity index (χ0) is 16.9. The fourth-order valence-electron chi connectivity index (χ4n) is 2.65. The lowest BCUT2D eigenvalue weighted by atomic mass is 10.1. The maximum atomic E-state index is 12.1. The molecule has 3 rings (SSSR count). The van der Waals surface area contributed by atoms with Gasteiger partial charge < -0.3 is 9.64 Å². The third-order valence-corrected chi connectivity index (χ3v) is 5.34. The van der Waals surface area contributed by atoms with Gasteiger partial charge in [0.25, 0.3) is 5.91 Å². The van der Waals surface area contributed by atoms with E-state index in [4.69, 9.17) is 16.3 Å². The molecule has 1 saturated heterocycles. The van der Waals surface area contributed by atoms with Crippen molar-refractivity contribution in [2.45, 2.75) is 19.3 Å². The van der Waals surface area contributed by atoms with Crippen molar-refractivity contribution in [2.24, 2.45) is 0 Å². The average molecular weight is 364 g/mol. The Morgan fingerprint density at radius 2 is 1.75 bits per heavy atom. The van der Waals surface area contributed by atoms with Crippen molar-refractivity contribution in [2.75, 3.05) is 19.7 Å². The Bertz CT molecular complexity index is 720. The lowest BCUT2D eigenvalue weighted by Gasteiger charge is -2.26. The molecule has 1 aromatic carbocycles. The first-order chi connectivity index (χ1) is 11.6. The Morgan fingerprint density at radius 3 is 2.46 bits per heavy atom. The number of thiophene rings is 1. The van der Waals surface area contributed by atoms with E-state index in [1.165, 1.54) is 11.3 Å². The summed E-state index contributed by atoms with van der Waals surface area (Å²) in [7, 11) is 0. The Kier molecular flexibility index (Phi) is 5.53. The van der Waals surface area contributed by atoms with Crippen molar-refractivity contribution in [3.05, 3.63) is 46.3 Å². The van der Waals surface area contributed by atoms with E-state index in [1.54, 1.807) is 11.0 Å². The van der Waals surface area contributed by atoms with E-state index in [9.17, 15) is 9.59 Å². The highest BCUT2D eigenvalue weighted by Crippen LogP contribution is 2.29. The van der Waals surface area contributed by atoms with Crippen molar-refractivity contribution >= 4 is 34.8 Å². The van der Waals surface area contributed by atoms with Crippen molar-refractivity contribution in [3.63, 3.8) is 0 Å². The lowest BCUT2D eigenvalue weighted by Crippen LogP contribution is -2.38. The fraction of sp³-hybridized carbons (Fsp3) is 0.333. The van der Waals surface area contributed by atoms with Crippen LogP contribution < -0.4 is 0 Å². The molecule has 1 amide bonds. The summed E-state index contributed by atoms with van der Waals surface area (Å²) in [4.78, 5) is 27.4. The topological polar surface area (TPSA) is 46.6 Å². The second kappa shape index (κ2) is 7.81. The number of rotatable bonds is 4. The van der Waals surface area contributed by atoms with E-state index in [0.29, 0.717) is 9.90 Å². The molecule has 2 aromatic rings. The molecule has 1 aromatic heterocycles. The highest BCUT2D eigenvalue weighted by Gasteiger charge is 2.19. The molecule has 0 atom stereocenters. The van der Waals surface area contributed by atoms with Crippen LogP contribution in [0.1, 0.15) is 28.9 Å². The largest absolute Gasteiger partial charge is 0.451 e. The predicted octanol–water partition coefficient (Wildman–Crippen LogP) is 4.24. The average Bonchev–Trinajstić information content (AvgIpc) is 3.11. The van der Waals surface area contributed by atoms with Crippen LogP contribution in [0.5, 0.6) is 0 Å². The van der Waals surface area contributed by atoms with Crippen molar-refractivity contribution in [1.29, 1.82) is 0 Å². The van der Waals surface area contributed by atoms with Gasteiger partial charge in [-0.05, 0) is 49.1 Å². The molecule has 24 heavy (non-hydrogen) atoms. The van der Waals surface area contributed by atoms with Gasteiger partial charge in [0.1, 0.15) is 4.88 Å². The number of piperidine rings is 1. The molecule has 0 spiro atoms. The molecule has 0 N–H and O–H groups in total. The van der Waals surface area contributed by atoms with Gasteiger partial charge in [0.15, 0.2) is 6.61 Å². The van der Waals surface area contributed by atoms with E-state index in [1.807, 2.05) is 30.3 Å². The summed E-state index contributed by atoms with van der Waals surface area (Å²) < 4.78 is 5.17. The van der Waals surface area contributed by atoms with Crippen LogP contribution in [-0.2, 0) is 9.53 Å². The molecule has 0 unspecified atom stereocenters. The standard InChI is InChI=1S/C18H18ClNO3S/c19-14-6-4-13(5-7-14)15-8-9-16(24-15)18(22)23-12-17(21)20-10-2-1-3-11-20/h4-9H,1-3,10-12H2. The van der Waals surface area contributed by atoms with Crippen molar-refractivity contribution in [3.8, 4) is 10.4 Å². The molecule has 0 aliphatic carbocycles. The van der Waals surface area contributed by atoms with Crippen LogP contribution in [0, 0.1) is 0 Å². The molecule has 2 heterocycles. The Hall–Kier alpha value is -1.85. The smallest absolute Gasteiger partial charge is 0.348 e. The summed E-state index contributed by atoms with van der Waals surface area (Å²) in [5.41, 5.74) is 0.993. The number of ether oxygens (including phenoxy) is 1. The van der Waals surface area contributed by atoms with Crippen LogP contribution in [0.15, 0.2) is 36.4 Å². The molecular weight excluding hydrogens is 346 g/mol. The van der Waals surface area contributed by atoms with Gasteiger partial charge in [0.2, 0.25) is 0 Å². The highest BCUT2D eigenvalue weighted by molar-refractivity contribution is 7.17. The van der Waals surface area contributed by atoms with Gasteiger partial charge in [-0.2, -0.15) is 0 Å². The van der Waals surface area contributed by atoms with Gasteiger partial charge >= 0.3 is 5.97 Å². The fourth-order valence-corrected chi connectivity index (χ4v) is 3.68. The summed E-state index contributed by atoms with van der Waals surface area (Å²) in [6, 6.07) is 11.0. The maximum absolute atomic E-state index is 12.1. The lowest BCUT2D eigenvalue weighted by molar-refractivity contribution is -0.135. The number of halogens is 1. The Labute approximate surface area is 150 Å². The Balaban J connectivity index is 1.57. The van der Waals surface area contributed by atoms with Crippen LogP contribution in [0.2, 0.25) is 5.02 Å². The molecule has 126 valence electrons. The van der Waals surface area contributed by atoms with Gasteiger partial charge in [-0.15, -0.1) is 11.3 Å². The second-order valence-corrected chi connectivity index (χ2v) is 7.21. The van der Waals surface area contributed by atoms with Gasteiger partial charge in [-0.3, -0.25) is 4.79 Å². The molecule has 0 bridgehead atoms. The first-order valence-corrected chi connectivity index (χ1v) is 9.13. The monoisotopic (exact) mass is 363 g/mol. The summed E-state index contributed by atoms with van der Waals surface area (Å²) in [5, 5.41) is 0.672.